The number of halogens is 1. The largest absolute Gasteiger partial charge is 0.494 e. The SMILES string of the molecule is COc1cc(N2CCC(N3CCN(C)CC3)CC2)c(-c2ccncc2)cc1Nc1ncc(Br)c(Nc2ccc3nccnc3c2P(C)C)n1. The zero-order valence-electron chi connectivity index (χ0n) is 28.4. The third-order valence-corrected chi connectivity index (χ3v) is 11.4. The molecule has 0 bridgehead atoms. The summed E-state index contributed by atoms with van der Waals surface area (Å²) in [6.07, 6.45) is 11.2. The highest BCUT2D eigenvalue weighted by atomic mass is 79.9. The number of nitrogens with zero attached hydrogens (tertiary/aromatic N) is 8. The highest BCUT2D eigenvalue weighted by Gasteiger charge is 2.28. The number of aromatic nitrogens is 5. The second kappa shape index (κ2) is 14.9. The number of pyridine rings is 1. The molecule has 5 aromatic rings. The van der Waals surface area contributed by atoms with Gasteiger partial charge in [-0.25, -0.2) is 4.98 Å². The molecule has 11 nitrogen and oxygen atoms in total. The van der Waals surface area contributed by atoms with Crippen LogP contribution in [0.2, 0.25) is 0 Å². The van der Waals surface area contributed by atoms with Crippen LogP contribution in [0.15, 0.2) is 71.9 Å². The van der Waals surface area contributed by atoms with Crippen molar-refractivity contribution in [3.05, 3.63) is 71.9 Å². The number of likely N-dealkylation sites (N-methyl/N-ethyl adjacent to an activating group) is 1. The number of piperazine rings is 1. The number of hydrogen-bond donors (Lipinski definition) is 2. The molecule has 5 heterocycles. The van der Waals surface area contributed by atoms with Crippen molar-refractivity contribution in [2.24, 2.45) is 0 Å². The van der Waals surface area contributed by atoms with Crippen molar-refractivity contribution in [1.29, 1.82) is 0 Å². The molecule has 2 N–H and O–H groups in total. The summed E-state index contributed by atoms with van der Waals surface area (Å²) in [6.45, 7) is 11.0. The lowest BCUT2D eigenvalue weighted by Gasteiger charge is -2.43. The highest BCUT2D eigenvalue weighted by Crippen LogP contribution is 2.42. The van der Waals surface area contributed by atoms with E-state index < -0.39 is 7.92 Å². The van der Waals surface area contributed by atoms with Gasteiger partial charge in [0.2, 0.25) is 5.95 Å². The van der Waals surface area contributed by atoms with E-state index in [4.69, 9.17) is 9.72 Å². The van der Waals surface area contributed by atoms with Crippen LogP contribution in [0.5, 0.6) is 5.75 Å². The number of ether oxygens (including phenoxy) is 1. The van der Waals surface area contributed by atoms with Crippen molar-refractivity contribution in [2.45, 2.75) is 18.9 Å². The number of fused-ring (bicyclic) bond motifs is 1. The Morgan fingerprint density at radius 2 is 1.61 bits per heavy atom. The van der Waals surface area contributed by atoms with Crippen molar-refractivity contribution in [1.82, 2.24) is 34.7 Å². The minimum absolute atomic E-state index is 0.447. The van der Waals surface area contributed by atoms with E-state index in [1.807, 2.05) is 24.5 Å². The lowest BCUT2D eigenvalue weighted by molar-refractivity contribution is 0.0982. The molecule has 7 rings (SSSR count). The maximum Gasteiger partial charge on any atom is 0.229 e. The highest BCUT2D eigenvalue weighted by molar-refractivity contribution is 9.10. The van der Waals surface area contributed by atoms with Gasteiger partial charge in [-0.15, -0.1) is 0 Å². The van der Waals surface area contributed by atoms with Gasteiger partial charge in [-0.05, 0) is 85.0 Å². The van der Waals surface area contributed by atoms with Crippen LogP contribution in [0.1, 0.15) is 12.8 Å². The molecule has 49 heavy (non-hydrogen) atoms. The van der Waals surface area contributed by atoms with Crippen LogP contribution in [0.4, 0.5) is 28.8 Å². The Bertz CT molecular complexity index is 1910. The van der Waals surface area contributed by atoms with Gasteiger partial charge in [-0.3, -0.25) is 19.9 Å². The Hall–Kier alpha value is -3.96. The van der Waals surface area contributed by atoms with Crippen molar-refractivity contribution in [3.63, 3.8) is 0 Å². The predicted molar refractivity (Wildman–Crippen MR) is 205 cm³/mol. The second-order valence-electron chi connectivity index (χ2n) is 12.8. The number of nitrogens with one attached hydrogen (secondary N) is 2. The molecular formula is C36H42BrN10OP. The third-order valence-electron chi connectivity index (χ3n) is 9.47. The molecule has 0 radical (unpaired) electrons. The molecule has 3 aromatic heterocycles. The van der Waals surface area contributed by atoms with Crippen molar-refractivity contribution >= 4 is 69.0 Å². The lowest BCUT2D eigenvalue weighted by atomic mass is 9.98. The standard InChI is InChI=1S/C36H42BrN10OP/c1-45-17-19-46(20-18-45)25-9-15-47(16-10-25)31-22-32(48-2)30(21-26(31)24-7-11-38-12-8-24)43-36-41-23-27(37)35(44-36)42-29-6-5-28-33(34(29)49(3)4)40-14-13-39-28/h5-8,11-14,21-23,25H,9-10,15-20H2,1-4H3,(H2,41,42,43,44). The Morgan fingerprint density at radius 1 is 0.857 bits per heavy atom. The van der Waals surface area contributed by atoms with Gasteiger partial charge in [0.1, 0.15) is 11.6 Å². The molecule has 0 unspecified atom stereocenters. The smallest absolute Gasteiger partial charge is 0.229 e. The predicted octanol–water partition coefficient (Wildman–Crippen LogP) is 6.32. The van der Waals surface area contributed by atoms with E-state index in [1.54, 1.807) is 25.7 Å². The van der Waals surface area contributed by atoms with Crippen LogP contribution < -0.4 is 25.6 Å². The lowest BCUT2D eigenvalue weighted by Crippen LogP contribution is -2.52. The summed E-state index contributed by atoms with van der Waals surface area (Å²) in [6, 6.07) is 13.1. The fourth-order valence-corrected chi connectivity index (χ4v) is 8.36. The first-order chi connectivity index (χ1) is 23.9. The molecule has 0 spiro atoms. The summed E-state index contributed by atoms with van der Waals surface area (Å²) in [7, 11) is 3.44. The van der Waals surface area contributed by atoms with Gasteiger partial charge in [0.05, 0.1) is 28.3 Å². The summed E-state index contributed by atoms with van der Waals surface area (Å²) in [5.41, 5.74) is 6.89. The summed E-state index contributed by atoms with van der Waals surface area (Å²) in [5.74, 6) is 1.82. The minimum atomic E-state index is -0.487. The Balaban J connectivity index is 1.17. The maximum absolute atomic E-state index is 5.99. The normalized spacial score (nSPS) is 16.3. The molecule has 2 aliphatic heterocycles. The van der Waals surface area contributed by atoms with E-state index in [9.17, 15) is 0 Å². The first-order valence-corrected chi connectivity index (χ1v) is 19.7. The minimum Gasteiger partial charge on any atom is -0.494 e. The number of anilines is 5. The van der Waals surface area contributed by atoms with Crippen molar-refractivity contribution < 1.29 is 4.74 Å². The van der Waals surface area contributed by atoms with E-state index >= 15 is 0 Å². The average molecular weight is 742 g/mol. The Kier molecular flexibility index (Phi) is 10.2. The van der Waals surface area contributed by atoms with Gasteiger partial charge in [0.25, 0.3) is 0 Å². The van der Waals surface area contributed by atoms with Gasteiger partial charge in [-0.2, -0.15) is 4.98 Å². The summed E-state index contributed by atoms with van der Waals surface area (Å²) < 4.78 is 6.74. The Labute approximate surface area is 297 Å². The van der Waals surface area contributed by atoms with Crippen LogP contribution in [0.25, 0.3) is 22.2 Å². The van der Waals surface area contributed by atoms with Gasteiger partial charge < -0.3 is 25.2 Å². The van der Waals surface area contributed by atoms with E-state index in [0.29, 0.717) is 17.8 Å². The van der Waals surface area contributed by atoms with Gasteiger partial charge >= 0.3 is 0 Å². The molecule has 0 saturated carbocycles. The van der Waals surface area contributed by atoms with Crippen molar-refractivity contribution in [3.8, 4) is 16.9 Å². The number of methoxy groups -OCH3 is 1. The molecule has 2 saturated heterocycles. The third kappa shape index (κ3) is 7.33. The number of hydrogen-bond acceptors (Lipinski definition) is 11. The topological polar surface area (TPSA) is 107 Å². The van der Waals surface area contributed by atoms with E-state index in [-0.39, 0.29) is 0 Å². The fourth-order valence-electron chi connectivity index (χ4n) is 6.86. The maximum atomic E-state index is 5.99. The quantitative estimate of drug-likeness (QED) is 0.166. The molecule has 254 valence electrons. The molecule has 2 fully saturated rings. The average Bonchev–Trinajstić information content (AvgIpc) is 3.13. The first-order valence-electron chi connectivity index (χ1n) is 16.7. The van der Waals surface area contributed by atoms with Crippen LogP contribution in [-0.4, -0.2) is 108 Å². The number of benzene rings is 2. The fraction of sp³-hybridized carbons (Fsp3) is 0.361. The second-order valence-corrected chi connectivity index (χ2v) is 15.9. The molecular weight excluding hydrogens is 699 g/mol. The number of rotatable bonds is 9. The summed E-state index contributed by atoms with van der Waals surface area (Å²) in [5, 5.41) is 8.16. The Morgan fingerprint density at radius 3 is 2.35 bits per heavy atom. The zero-order valence-corrected chi connectivity index (χ0v) is 30.9. The van der Waals surface area contributed by atoms with E-state index in [1.165, 1.54) is 0 Å². The van der Waals surface area contributed by atoms with Crippen LogP contribution in [0, 0.1) is 0 Å². The van der Waals surface area contributed by atoms with Crippen molar-refractivity contribution in [2.75, 3.05) is 82.3 Å². The van der Waals surface area contributed by atoms with Gasteiger partial charge in [0.15, 0.2) is 0 Å². The summed E-state index contributed by atoms with van der Waals surface area (Å²) >= 11 is 3.66. The van der Waals surface area contributed by atoms with E-state index in [2.05, 4.69) is 106 Å². The molecule has 2 aromatic carbocycles. The molecule has 2 aliphatic rings. The van der Waals surface area contributed by atoms with Gasteiger partial charge in [-0.1, -0.05) is 7.92 Å². The van der Waals surface area contributed by atoms with Gasteiger partial charge in [0, 0.05) is 105 Å². The molecule has 0 amide bonds. The molecule has 0 atom stereocenters. The first kappa shape index (κ1) is 33.5. The molecule has 13 heteroatoms. The van der Waals surface area contributed by atoms with E-state index in [0.717, 1.165) is 107 Å². The zero-order chi connectivity index (χ0) is 33.9. The summed E-state index contributed by atoms with van der Waals surface area (Å²) in [4.78, 5) is 30.6. The van der Waals surface area contributed by atoms with Crippen LogP contribution in [-0.2, 0) is 0 Å². The number of piperidine rings is 1. The van der Waals surface area contributed by atoms with Crippen LogP contribution >= 0.6 is 23.9 Å². The monoisotopic (exact) mass is 740 g/mol. The van der Waals surface area contributed by atoms with Crippen LogP contribution in [0.3, 0.4) is 0 Å². The molecule has 0 aliphatic carbocycles.